The summed E-state index contributed by atoms with van der Waals surface area (Å²) in [6.45, 7) is 2.06. The van der Waals surface area contributed by atoms with Gasteiger partial charge in [0.15, 0.2) is 5.65 Å². The molecular weight excluding hydrogens is 478 g/mol. The molecule has 3 N–H and O–H groups in total. The Labute approximate surface area is 206 Å². The number of sulfonamides is 1. The van der Waals surface area contributed by atoms with Gasteiger partial charge in [0, 0.05) is 17.3 Å². The number of nitrogens with one attached hydrogen (secondary N) is 2. The fraction of sp³-hybridized carbons (Fsp3) is 0.0769. The second-order valence-electron chi connectivity index (χ2n) is 8.08. The Morgan fingerprint density at radius 1 is 1.03 bits per heavy atom. The van der Waals surface area contributed by atoms with Gasteiger partial charge in [-0.1, -0.05) is 43.3 Å². The number of aryl methyl sites for hydroxylation is 1. The maximum absolute atomic E-state index is 12.7. The topological polar surface area (TPSA) is 138 Å². The molecule has 0 atom stereocenters. The monoisotopic (exact) mass is 499 g/mol. The van der Waals surface area contributed by atoms with E-state index >= 15 is 0 Å². The highest BCUT2D eigenvalue weighted by Crippen LogP contribution is 2.32. The summed E-state index contributed by atoms with van der Waals surface area (Å²) in [7, 11) is -3.82. The maximum Gasteiger partial charge on any atom is 0.336 e. The molecule has 0 aliphatic carbocycles. The average molecular weight is 500 g/mol. The first-order valence-corrected chi connectivity index (χ1v) is 12.6. The van der Waals surface area contributed by atoms with Gasteiger partial charge < -0.3 is 5.11 Å². The third-order valence-electron chi connectivity index (χ3n) is 5.78. The second kappa shape index (κ2) is 9.23. The van der Waals surface area contributed by atoms with Gasteiger partial charge in [0.05, 0.1) is 39.1 Å². The molecule has 36 heavy (non-hydrogen) atoms. The number of aromatic amines is 1. The van der Waals surface area contributed by atoms with E-state index in [-0.39, 0.29) is 16.1 Å². The quantitative estimate of drug-likeness (QED) is 0.294. The van der Waals surface area contributed by atoms with Crippen molar-refractivity contribution in [2.24, 2.45) is 0 Å². The van der Waals surface area contributed by atoms with E-state index in [0.717, 1.165) is 12.0 Å². The number of nitrogens with zero attached hydrogens (tertiary/aromatic N) is 3. The number of carbonyl (C=O) groups is 1. The van der Waals surface area contributed by atoms with Crippen molar-refractivity contribution in [2.45, 2.75) is 18.2 Å². The van der Waals surface area contributed by atoms with Gasteiger partial charge >= 0.3 is 5.97 Å². The van der Waals surface area contributed by atoms with Gasteiger partial charge in [-0.3, -0.25) is 14.8 Å². The number of rotatable bonds is 7. The maximum atomic E-state index is 12.7. The van der Waals surface area contributed by atoms with Crippen molar-refractivity contribution in [1.29, 1.82) is 0 Å². The van der Waals surface area contributed by atoms with E-state index in [1.165, 1.54) is 30.0 Å². The highest BCUT2D eigenvalue weighted by molar-refractivity contribution is 7.92. The van der Waals surface area contributed by atoms with E-state index in [4.69, 9.17) is 0 Å². The lowest BCUT2D eigenvalue weighted by Gasteiger charge is -2.09. The number of pyridine rings is 2. The molecule has 0 unspecified atom stereocenters. The third-order valence-corrected chi connectivity index (χ3v) is 7.18. The predicted octanol–water partition coefficient (Wildman–Crippen LogP) is 4.75. The zero-order chi connectivity index (χ0) is 25.3. The molecule has 0 aliphatic heterocycles. The normalized spacial score (nSPS) is 11.5. The summed E-state index contributed by atoms with van der Waals surface area (Å²) < 4.78 is 27.9. The Balaban J connectivity index is 1.52. The zero-order valence-corrected chi connectivity index (χ0v) is 20.0. The fourth-order valence-electron chi connectivity index (χ4n) is 3.90. The van der Waals surface area contributed by atoms with Crippen LogP contribution in [0, 0.1) is 0 Å². The number of carboxylic acid groups (broad SMARTS) is 1. The van der Waals surface area contributed by atoms with Crippen LogP contribution in [0.1, 0.15) is 22.8 Å². The molecule has 2 aromatic carbocycles. The van der Waals surface area contributed by atoms with Crippen molar-refractivity contribution in [3.05, 3.63) is 90.3 Å². The van der Waals surface area contributed by atoms with Gasteiger partial charge in [0.1, 0.15) is 0 Å². The Morgan fingerprint density at radius 2 is 1.75 bits per heavy atom. The molecule has 0 bridgehead atoms. The largest absolute Gasteiger partial charge is 0.478 e. The minimum Gasteiger partial charge on any atom is -0.478 e. The van der Waals surface area contributed by atoms with Crippen LogP contribution in [0.5, 0.6) is 0 Å². The molecule has 0 saturated carbocycles. The highest BCUT2D eigenvalue weighted by atomic mass is 32.2. The van der Waals surface area contributed by atoms with E-state index in [9.17, 15) is 18.3 Å². The molecule has 0 amide bonds. The van der Waals surface area contributed by atoms with Crippen molar-refractivity contribution in [3.63, 3.8) is 0 Å². The van der Waals surface area contributed by atoms with Crippen LogP contribution >= 0.6 is 0 Å². The van der Waals surface area contributed by atoms with E-state index in [2.05, 4.69) is 31.8 Å². The van der Waals surface area contributed by atoms with Crippen molar-refractivity contribution in [3.8, 4) is 22.5 Å². The molecule has 5 rings (SSSR count). The number of benzene rings is 2. The number of hydrogen-bond donors (Lipinski definition) is 3. The summed E-state index contributed by atoms with van der Waals surface area (Å²) in [4.78, 5) is 20.7. The molecular formula is C26H21N5O4S. The summed E-state index contributed by atoms with van der Waals surface area (Å²) in [6, 6.07) is 18.5. The van der Waals surface area contributed by atoms with Crippen LogP contribution in [0.4, 0.5) is 5.69 Å². The van der Waals surface area contributed by atoms with Crippen molar-refractivity contribution >= 4 is 32.7 Å². The number of hydrogen-bond acceptors (Lipinski definition) is 6. The molecule has 3 heterocycles. The van der Waals surface area contributed by atoms with Gasteiger partial charge in [-0.2, -0.15) is 5.10 Å². The molecule has 9 nitrogen and oxygen atoms in total. The summed E-state index contributed by atoms with van der Waals surface area (Å²) in [5.41, 5.74) is 4.12. The molecule has 0 radical (unpaired) electrons. The number of anilines is 1. The first kappa shape index (κ1) is 23.2. The second-order valence-corrected chi connectivity index (χ2v) is 9.76. The van der Waals surface area contributed by atoms with Crippen LogP contribution in [0.3, 0.4) is 0 Å². The molecule has 5 aromatic rings. The SMILES string of the molecule is CCc1ccc(-c2[nH]nc3nc(-c4ccc(S(=O)(=O)Nc5cccnc5)cc4)cc(C(=O)O)c23)cc1. The smallest absolute Gasteiger partial charge is 0.336 e. The molecule has 10 heteroatoms. The van der Waals surface area contributed by atoms with E-state index in [1.54, 1.807) is 30.5 Å². The number of fused-ring (bicyclic) bond motifs is 1. The minimum atomic E-state index is -3.82. The lowest BCUT2D eigenvalue weighted by Crippen LogP contribution is -2.12. The van der Waals surface area contributed by atoms with Crippen LogP contribution < -0.4 is 4.72 Å². The third kappa shape index (κ3) is 4.41. The Bertz CT molecular complexity index is 1660. The van der Waals surface area contributed by atoms with Crippen molar-refractivity contribution in [2.75, 3.05) is 4.72 Å². The fourth-order valence-corrected chi connectivity index (χ4v) is 4.94. The summed E-state index contributed by atoms with van der Waals surface area (Å²) in [5.74, 6) is -1.11. The van der Waals surface area contributed by atoms with Crippen LogP contribution in [0.25, 0.3) is 33.5 Å². The van der Waals surface area contributed by atoms with Crippen LogP contribution in [-0.4, -0.2) is 39.7 Å². The lowest BCUT2D eigenvalue weighted by atomic mass is 10.0. The zero-order valence-electron chi connectivity index (χ0n) is 19.1. The lowest BCUT2D eigenvalue weighted by molar-refractivity contribution is 0.0699. The summed E-state index contributed by atoms with van der Waals surface area (Å²) in [6.07, 6.45) is 3.86. The van der Waals surface area contributed by atoms with Gasteiger partial charge in [-0.25, -0.2) is 18.2 Å². The predicted molar refractivity (Wildman–Crippen MR) is 136 cm³/mol. The van der Waals surface area contributed by atoms with Crippen LogP contribution in [-0.2, 0) is 16.4 Å². The van der Waals surface area contributed by atoms with Crippen LogP contribution in [0.2, 0.25) is 0 Å². The Kier molecular flexibility index (Phi) is 5.95. The number of carboxylic acids is 1. The summed E-state index contributed by atoms with van der Waals surface area (Å²) >= 11 is 0. The Morgan fingerprint density at radius 3 is 2.39 bits per heavy atom. The number of H-pyrrole nitrogens is 1. The van der Waals surface area contributed by atoms with Gasteiger partial charge in [0.2, 0.25) is 0 Å². The van der Waals surface area contributed by atoms with Crippen molar-refractivity contribution in [1.82, 2.24) is 20.2 Å². The minimum absolute atomic E-state index is 0.0484. The van der Waals surface area contributed by atoms with E-state index in [0.29, 0.717) is 28.0 Å². The number of aromatic carboxylic acids is 1. The Hall–Kier alpha value is -4.57. The molecule has 180 valence electrons. The first-order valence-electron chi connectivity index (χ1n) is 11.1. The van der Waals surface area contributed by atoms with Gasteiger partial charge in [0.25, 0.3) is 10.0 Å². The molecule has 3 aromatic heterocycles. The molecule has 0 fully saturated rings. The molecule has 0 saturated heterocycles. The summed E-state index contributed by atoms with van der Waals surface area (Å²) in [5, 5.41) is 17.6. The molecule has 0 spiro atoms. The van der Waals surface area contributed by atoms with E-state index in [1.807, 2.05) is 24.3 Å². The van der Waals surface area contributed by atoms with Gasteiger partial charge in [-0.05, 0) is 42.3 Å². The van der Waals surface area contributed by atoms with E-state index < -0.39 is 16.0 Å². The molecule has 0 aliphatic rings. The number of aromatic nitrogens is 4. The standard InChI is InChI=1S/C26H21N5O4S/c1-2-16-5-7-18(8-6-16)24-23-21(26(32)33)14-22(28-25(23)30-29-24)17-9-11-20(12-10-17)36(34,35)31-19-4-3-13-27-15-19/h3-15,31H,2H2,1H3,(H,32,33)(H,28,29,30). The van der Waals surface area contributed by atoms with Gasteiger partial charge in [-0.15, -0.1) is 0 Å². The first-order chi connectivity index (χ1) is 17.4. The average Bonchev–Trinajstić information content (AvgIpc) is 3.32. The van der Waals surface area contributed by atoms with Crippen LogP contribution in [0.15, 0.2) is 84.0 Å². The highest BCUT2D eigenvalue weighted by Gasteiger charge is 2.20. The van der Waals surface area contributed by atoms with Crippen molar-refractivity contribution < 1.29 is 18.3 Å².